The van der Waals surface area contributed by atoms with Gasteiger partial charge in [0.25, 0.3) is 5.91 Å². The molecule has 1 fully saturated rings. The van der Waals surface area contributed by atoms with Crippen molar-refractivity contribution >= 4 is 28.5 Å². The highest BCUT2D eigenvalue weighted by molar-refractivity contribution is 6.31. The molecule has 0 aliphatic carbocycles. The third kappa shape index (κ3) is 3.21. The smallest absolute Gasteiger partial charge is 0.293 e. The van der Waals surface area contributed by atoms with E-state index in [0.717, 1.165) is 41.8 Å². The zero-order chi connectivity index (χ0) is 18.3. The second-order valence-electron chi connectivity index (χ2n) is 7.22. The molecule has 1 aromatic carbocycles. The Labute approximate surface area is 156 Å². The first kappa shape index (κ1) is 17.1. The molecule has 1 N–H and O–H groups in total. The Morgan fingerprint density at radius 3 is 3.08 bits per heavy atom. The number of imidazole rings is 1. The molecule has 1 atom stereocenters. The van der Waals surface area contributed by atoms with Gasteiger partial charge >= 0.3 is 0 Å². The van der Waals surface area contributed by atoms with Crippen LogP contribution in [0, 0.1) is 5.92 Å². The van der Waals surface area contributed by atoms with Crippen LogP contribution in [-0.2, 0) is 6.42 Å². The number of halogens is 1. The Morgan fingerprint density at radius 2 is 2.27 bits per heavy atom. The number of fused-ring (bicyclic) bond motifs is 1. The van der Waals surface area contributed by atoms with Gasteiger partial charge in [-0.3, -0.25) is 4.79 Å². The Kier molecular flexibility index (Phi) is 4.44. The minimum absolute atomic E-state index is 0.0904. The van der Waals surface area contributed by atoms with E-state index in [1.165, 1.54) is 0 Å². The van der Waals surface area contributed by atoms with E-state index >= 15 is 0 Å². The number of carbonyl (C=O) groups excluding carboxylic acids is 1. The third-order valence-electron chi connectivity index (χ3n) is 4.68. The minimum Gasteiger partial charge on any atom is -0.351 e. The van der Waals surface area contributed by atoms with Crippen molar-refractivity contribution < 1.29 is 9.32 Å². The Bertz CT molecular complexity index is 946. The van der Waals surface area contributed by atoms with Crippen molar-refractivity contribution in [1.82, 2.24) is 20.0 Å². The molecular formula is C19H21ClN4O2. The molecule has 1 aliphatic heterocycles. The maximum Gasteiger partial charge on any atom is 0.293 e. The fourth-order valence-electron chi connectivity index (χ4n) is 3.52. The van der Waals surface area contributed by atoms with Crippen LogP contribution in [0.5, 0.6) is 0 Å². The molecule has 136 valence electrons. The van der Waals surface area contributed by atoms with Crippen molar-refractivity contribution in [2.75, 3.05) is 6.54 Å². The number of aromatic nitrogens is 3. The monoisotopic (exact) mass is 372 g/mol. The second kappa shape index (κ2) is 6.76. The summed E-state index contributed by atoms with van der Waals surface area (Å²) in [7, 11) is 0. The van der Waals surface area contributed by atoms with Gasteiger partial charge in [0.05, 0.1) is 22.8 Å². The number of amides is 1. The number of benzene rings is 1. The summed E-state index contributed by atoms with van der Waals surface area (Å²) in [4.78, 5) is 22.7. The van der Waals surface area contributed by atoms with Crippen molar-refractivity contribution in [1.29, 1.82) is 0 Å². The summed E-state index contributed by atoms with van der Waals surface area (Å²) in [5, 5.41) is 4.69. The van der Waals surface area contributed by atoms with Gasteiger partial charge in [0.15, 0.2) is 0 Å². The van der Waals surface area contributed by atoms with Gasteiger partial charge in [-0.1, -0.05) is 30.6 Å². The predicted molar refractivity (Wildman–Crippen MR) is 99.2 cm³/mol. The van der Waals surface area contributed by atoms with Crippen LogP contribution in [0.3, 0.4) is 0 Å². The summed E-state index contributed by atoms with van der Waals surface area (Å²) in [6.07, 6.45) is 2.60. The van der Waals surface area contributed by atoms with E-state index in [4.69, 9.17) is 16.1 Å². The highest BCUT2D eigenvalue weighted by atomic mass is 35.5. The number of aromatic amines is 1. The van der Waals surface area contributed by atoms with Crippen molar-refractivity contribution in [3.63, 3.8) is 0 Å². The second-order valence-corrected chi connectivity index (χ2v) is 7.66. The molecule has 2 aromatic heterocycles. The summed E-state index contributed by atoms with van der Waals surface area (Å²) in [5.74, 6) is 1.42. The molecule has 26 heavy (non-hydrogen) atoms. The molecule has 1 amide bonds. The highest BCUT2D eigenvalue weighted by Gasteiger charge is 2.34. The van der Waals surface area contributed by atoms with Crippen molar-refractivity contribution in [2.24, 2.45) is 5.92 Å². The number of hydrogen-bond donors (Lipinski definition) is 1. The lowest BCUT2D eigenvalue weighted by molar-refractivity contribution is 0.0688. The van der Waals surface area contributed by atoms with E-state index in [1.807, 2.05) is 23.1 Å². The minimum atomic E-state index is -0.131. The normalized spacial score (nSPS) is 17.5. The third-order valence-corrected chi connectivity index (χ3v) is 4.91. The van der Waals surface area contributed by atoms with Crippen LogP contribution < -0.4 is 0 Å². The number of nitrogens with one attached hydrogen (secondary N) is 1. The average molecular weight is 373 g/mol. The van der Waals surface area contributed by atoms with Crippen LogP contribution in [-0.4, -0.2) is 32.5 Å². The fraction of sp³-hybridized carbons (Fsp3) is 0.421. The van der Waals surface area contributed by atoms with Gasteiger partial charge < -0.3 is 14.4 Å². The summed E-state index contributed by atoms with van der Waals surface area (Å²) >= 11 is 6.05. The summed E-state index contributed by atoms with van der Waals surface area (Å²) in [5.41, 5.74) is 2.55. The van der Waals surface area contributed by atoms with Gasteiger partial charge in [-0.15, -0.1) is 0 Å². The van der Waals surface area contributed by atoms with Gasteiger partial charge in [-0.2, -0.15) is 0 Å². The van der Waals surface area contributed by atoms with E-state index in [0.29, 0.717) is 23.2 Å². The molecule has 0 bridgehead atoms. The zero-order valence-corrected chi connectivity index (χ0v) is 15.6. The first-order valence-electron chi connectivity index (χ1n) is 8.93. The largest absolute Gasteiger partial charge is 0.351 e. The predicted octanol–water partition coefficient (Wildman–Crippen LogP) is 4.38. The lowest BCUT2D eigenvalue weighted by Crippen LogP contribution is -2.30. The molecule has 7 heteroatoms. The van der Waals surface area contributed by atoms with Gasteiger partial charge in [-0.05, 0) is 43.4 Å². The topological polar surface area (TPSA) is 75.0 Å². The van der Waals surface area contributed by atoms with Crippen LogP contribution in [0.4, 0.5) is 0 Å². The SMILES string of the molecule is CC(C)Cc1cc(C(=O)N2CCC[C@H]2c2nc3ccc(Cl)cc3[nH]2)on1. The van der Waals surface area contributed by atoms with Crippen LogP contribution in [0.1, 0.15) is 54.8 Å². The molecule has 0 spiro atoms. The maximum atomic E-state index is 12.9. The zero-order valence-electron chi connectivity index (χ0n) is 14.8. The standard InChI is InChI=1S/C19H21ClN4O2/c1-11(2)8-13-10-17(26-23-13)19(25)24-7-3-4-16(24)18-21-14-6-5-12(20)9-15(14)22-18/h5-6,9-11,16H,3-4,7-8H2,1-2H3,(H,21,22)/t16-/m0/s1. The number of nitrogens with zero attached hydrogens (tertiary/aromatic N) is 3. The molecule has 3 heterocycles. The van der Waals surface area contributed by atoms with E-state index in [1.54, 1.807) is 6.07 Å². The van der Waals surface area contributed by atoms with Crippen LogP contribution in [0.15, 0.2) is 28.8 Å². The lowest BCUT2D eigenvalue weighted by Gasteiger charge is -2.21. The number of hydrogen-bond acceptors (Lipinski definition) is 4. The Hall–Kier alpha value is -2.34. The van der Waals surface area contributed by atoms with Crippen LogP contribution in [0.25, 0.3) is 11.0 Å². The summed E-state index contributed by atoms with van der Waals surface area (Å²) in [6.45, 7) is 4.91. The molecule has 3 aromatic rings. The molecule has 1 saturated heterocycles. The van der Waals surface area contributed by atoms with Gasteiger partial charge in [0, 0.05) is 17.6 Å². The number of carbonyl (C=O) groups is 1. The maximum absolute atomic E-state index is 12.9. The molecule has 0 saturated carbocycles. The molecular weight excluding hydrogens is 352 g/mol. The molecule has 4 rings (SSSR count). The van der Waals surface area contributed by atoms with Gasteiger partial charge in [0.2, 0.25) is 5.76 Å². The van der Waals surface area contributed by atoms with E-state index < -0.39 is 0 Å². The number of likely N-dealkylation sites (tertiary alicyclic amines) is 1. The average Bonchev–Trinajstić information content (AvgIpc) is 3.31. The van der Waals surface area contributed by atoms with Crippen molar-refractivity contribution in [2.45, 2.75) is 39.2 Å². The van der Waals surface area contributed by atoms with Crippen LogP contribution >= 0.6 is 11.6 Å². The molecule has 1 aliphatic rings. The number of H-pyrrole nitrogens is 1. The lowest BCUT2D eigenvalue weighted by atomic mass is 10.1. The summed E-state index contributed by atoms with van der Waals surface area (Å²) in [6, 6.07) is 7.22. The van der Waals surface area contributed by atoms with Crippen molar-refractivity contribution in [3.8, 4) is 0 Å². The molecule has 0 unspecified atom stereocenters. The van der Waals surface area contributed by atoms with Gasteiger partial charge in [0.1, 0.15) is 5.82 Å². The Morgan fingerprint density at radius 1 is 1.42 bits per heavy atom. The Balaban J connectivity index is 1.59. The van der Waals surface area contributed by atoms with Crippen LogP contribution in [0.2, 0.25) is 5.02 Å². The fourth-order valence-corrected chi connectivity index (χ4v) is 3.69. The summed E-state index contributed by atoms with van der Waals surface area (Å²) < 4.78 is 5.31. The highest BCUT2D eigenvalue weighted by Crippen LogP contribution is 2.33. The van der Waals surface area contributed by atoms with E-state index in [9.17, 15) is 4.79 Å². The van der Waals surface area contributed by atoms with Crippen molar-refractivity contribution in [3.05, 3.63) is 46.6 Å². The first-order chi connectivity index (χ1) is 12.5. The first-order valence-corrected chi connectivity index (χ1v) is 9.31. The van der Waals surface area contributed by atoms with E-state index in [-0.39, 0.29) is 11.9 Å². The van der Waals surface area contributed by atoms with E-state index in [2.05, 4.69) is 29.0 Å². The number of rotatable bonds is 4. The quantitative estimate of drug-likeness (QED) is 0.737. The molecule has 0 radical (unpaired) electrons. The van der Waals surface area contributed by atoms with Gasteiger partial charge in [-0.25, -0.2) is 4.98 Å². The molecule has 6 nitrogen and oxygen atoms in total.